The van der Waals surface area contributed by atoms with Gasteiger partial charge in [-0.05, 0) is 42.3 Å². The Morgan fingerprint density at radius 1 is 1.19 bits per heavy atom. The molecular formula is C17H17ClN2O. The lowest BCUT2D eigenvalue weighted by molar-refractivity contribution is 0.416. The van der Waals surface area contributed by atoms with Gasteiger partial charge in [0, 0.05) is 28.7 Å². The average molecular weight is 301 g/mol. The number of aromatic amines is 1. The molecule has 1 heterocycles. The molecule has 108 valence electrons. The second-order valence-corrected chi connectivity index (χ2v) is 5.50. The quantitative estimate of drug-likeness (QED) is 0.729. The van der Waals surface area contributed by atoms with Gasteiger partial charge in [-0.25, -0.2) is 0 Å². The van der Waals surface area contributed by atoms with Gasteiger partial charge < -0.3 is 15.0 Å². The smallest absolute Gasteiger partial charge is 0.141 e. The monoisotopic (exact) mass is 300 g/mol. The second-order valence-electron chi connectivity index (χ2n) is 5.06. The van der Waals surface area contributed by atoms with Crippen LogP contribution in [0.15, 0.2) is 42.6 Å². The first-order valence-corrected chi connectivity index (χ1v) is 7.19. The minimum absolute atomic E-state index is 0.724. The van der Waals surface area contributed by atoms with Gasteiger partial charge in [-0.3, -0.25) is 0 Å². The van der Waals surface area contributed by atoms with Crippen LogP contribution in [0.2, 0.25) is 5.02 Å². The molecule has 0 amide bonds. The minimum atomic E-state index is 0.724. The molecule has 0 atom stereocenters. The van der Waals surface area contributed by atoms with Crippen molar-refractivity contribution in [1.82, 2.24) is 4.98 Å². The van der Waals surface area contributed by atoms with E-state index >= 15 is 0 Å². The summed E-state index contributed by atoms with van der Waals surface area (Å²) in [4.78, 5) is 3.25. The zero-order valence-electron chi connectivity index (χ0n) is 12.0. The van der Waals surface area contributed by atoms with Crippen LogP contribution in [0.25, 0.3) is 10.9 Å². The van der Waals surface area contributed by atoms with E-state index in [-0.39, 0.29) is 0 Å². The van der Waals surface area contributed by atoms with Crippen LogP contribution in [0.5, 0.6) is 5.75 Å². The van der Waals surface area contributed by atoms with E-state index in [1.54, 1.807) is 7.11 Å². The van der Waals surface area contributed by atoms with Crippen LogP contribution < -0.4 is 10.1 Å². The van der Waals surface area contributed by atoms with E-state index in [0.717, 1.165) is 28.5 Å². The Balaban J connectivity index is 1.85. The molecule has 3 rings (SSSR count). The van der Waals surface area contributed by atoms with E-state index in [4.69, 9.17) is 16.3 Å². The van der Waals surface area contributed by atoms with Crippen molar-refractivity contribution in [3.63, 3.8) is 0 Å². The SMILES string of the molecule is COc1ccc(C)cc1NCc1c[nH]c2cc(Cl)ccc12. The maximum atomic E-state index is 6.01. The summed E-state index contributed by atoms with van der Waals surface area (Å²) in [7, 11) is 1.68. The number of halogens is 1. The number of methoxy groups -OCH3 is 1. The van der Waals surface area contributed by atoms with Gasteiger partial charge in [-0.2, -0.15) is 0 Å². The topological polar surface area (TPSA) is 37.0 Å². The molecule has 3 nitrogen and oxygen atoms in total. The molecule has 0 unspecified atom stereocenters. The highest BCUT2D eigenvalue weighted by Crippen LogP contribution is 2.27. The Bertz CT molecular complexity index is 780. The van der Waals surface area contributed by atoms with Crippen LogP contribution in [-0.4, -0.2) is 12.1 Å². The summed E-state index contributed by atoms with van der Waals surface area (Å²) in [5.41, 5.74) is 4.45. The van der Waals surface area contributed by atoms with Crippen molar-refractivity contribution >= 4 is 28.2 Å². The number of rotatable bonds is 4. The Kier molecular flexibility index (Phi) is 3.76. The second kappa shape index (κ2) is 5.70. The molecule has 1 aromatic heterocycles. The molecule has 0 radical (unpaired) electrons. The number of benzene rings is 2. The summed E-state index contributed by atoms with van der Waals surface area (Å²) in [5.74, 6) is 0.850. The van der Waals surface area contributed by atoms with E-state index in [0.29, 0.717) is 0 Å². The van der Waals surface area contributed by atoms with Gasteiger partial charge in [0.25, 0.3) is 0 Å². The van der Waals surface area contributed by atoms with E-state index in [2.05, 4.69) is 23.3 Å². The van der Waals surface area contributed by atoms with E-state index in [9.17, 15) is 0 Å². The highest BCUT2D eigenvalue weighted by atomic mass is 35.5. The Labute approximate surface area is 128 Å². The molecule has 0 aliphatic rings. The lowest BCUT2D eigenvalue weighted by atomic mass is 10.1. The molecule has 2 aromatic carbocycles. The third-order valence-corrected chi connectivity index (χ3v) is 3.79. The molecule has 2 N–H and O–H groups in total. The van der Waals surface area contributed by atoms with Gasteiger partial charge in [0.05, 0.1) is 12.8 Å². The summed E-state index contributed by atoms with van der Waals surface area (Å²) in [5, 5.41) is 5.36. The summed E-state index contributed by atoms with van der Waals surface area (Å²) < 4.78 is 5.39. The van der Waals surface area contributed by atoms with Crippen LogP contribution in [0.4, 0.5) is 5.69 Å². The number of hydrogen-bond donors (Lipinski definition) is 2. The number of aromatic nitrogens is 1. The standard InChI is InChI=1S/C17H17ClN2O/c1-11-3-6-17(21-2)16(7-11)20-10-12-9-19-15-8-13(18)4-5-14(12)15/h3-9,19-20H,10H2,1-2H3. The van der Waals surface area contributed by atoms with Crippen LogP contribution >= 0.6 is 11.6 Å². The summed E-state index contributed by atoms with van der Waals surface area (Å²) in [6, 6.07) is 12.0. The summed E-state index contributed by atoms with van der Waals surface area (Å²) >= 11 is 6.01. The Morgan fingerprint density at radius 2 is 2.05 bits per heavy atom. The number of anilines is 1. The third kappa shape index (κ3) is 2.83. The van der Waals surface area contributed by atoms with Gasteiger partial charge in [0.15, 0.2) is 0 Å². The van der Waals surface area contributed by atoms with Crippen molar-refractivity contribution in [2.75, 3.05) is 12.4 Å². The number of hydrogen-bond acceptors (Lipinski definition) is 2. The highest BCUT2D eigenvalue weighted by molar-refractivity contribution is 6.31. The molecule has 0 spiro atoms. The van der Waals surface area contributed by atoms with Crippen molar-refractivity contribution in [2.45, 2.75) is 13.5 Å². The van der Waals surface area contributed by atoms with Crippen molar-refractivity contribution in [1.29, 1.82) is 0 Å². The maximum absolute atomic E-state index is 6.01. The number of nitrogens with one attached hydrogen (secondary N) is 2. The Hall–Kier alpha value is -2.13. The molecule has 0 saturated carbocycles. The largest absolute Gasteiger partial charge is 0.495 e. The van der Waals surface area contributed by atoms with Crippen molar-refractivity contribution in [3.8, 4) is 5.75 Å². The number of fused-ring (bicyclic) bond motifs is 1. The van der Waals surface area contributed by atoms with Gasteiger partial charge in [-0.1, -0.05) is 23.7 Å². The molecular weight excluding hydrogens is 284 g/mol. The van der Waals surface area contributed by atoms with Crippen LogP contribution in [0.3, 0.4) is 0 Å². The highest BCUT2D eigenvalue weighted by Gasteiger charge is 2.06. The van der Waals surface area contributed by atoms with Gasteiger partial charge in [0.1, 0.15) is 5.75 Å². The molecule has 0 fully saturated rings. The normalized spacial score (nSPS) is 10.8. The van der Waals surface area contributed by atoms with Gasteiger partial charge in [-0.15, -0.1) is 0 Å². The van der Waals surface area contributed by atoms with Gasteiger partial charge in [0.2, 0.25) is 0 Å². The molecule has 0 saturated heterocycles. The van der Waals surface area contributed by atoms with E-state index in [1.165, 1.54) is 16.5 Å². The van der Waals surface area contributed by atoms with Crippen LogP contribution in [0, 0.1) is 6.92 Å². The van der Waals surface area contributed by atoms with Crippen LogP contribution in [0.1, 0.15) is 11.1 Å². The van der Waals surface area contributed by atoms with Crippen molar-refractivity contribution in [3.05, 3.63) is 58.7 Å². The number of aryl methyl sites for hydroxylation is 1. The van der Waals surface area contributed by atoms with Crippen molar-refractivity contribution in [2.24, 2.45) is 0 Å². The zero-order valence-corrected chi connectivity index (χ0v) is 12.8. The number of ether oxygens (including phenoxy) is 1. The minimum Gasteiger partial charge on any atom is -0.495 e. The molecule has 0 aliphatic heterocycles. The maximum Gasteiger partial charge on any atom is 0.141 e. The van der Waals surface area contributed by atoms with E-state index < -0.39 is 0 Å². The first kappa shape index (κ1) is 13.8. The van der Waals surface area contributed by atoms with Crippen LogP contribution in [-0.2, 0) is 6.54 Å². The summed E-state index contributed by atoms with van der Waals surface area (Å²) in [6.45, 7) is 2.79. The molecule has 0 aliphatic carbocycles. The fourth-order valence-corrected chi connectivity index (χ4v) is 2.63. The first-order valence-electron chi connectivity index (χ1n) is 6.81. The molecule has 21 heavy (non-hydrogen) atoms. The fourth-order valence-electron chi connectivity index (χ4n) is 2.46. The third-order valence-electron chi connectivity index (χ3n) is 3.55. The van der Waals surface area contributed by atoms with Gasteiger partial charge >= 0.3 is 0 Å². The zero-order chi connectivity index (χ0) is 14.8. The first-order chi connectivity index (χ1) is 10.2. The molecule has 4 heteroatoms. The molecule has 3 aromatic rings. The lowest BCUT2D eigenvalue weighted by Gasteiger charge is -2.11. The fraction of sp³-hybridized carbons (Fsp3) is 0.176. The predicted molar refractivity (Wildman–Crippen MR) is 88.4 cm³/mol. The molecule has 0 bridgehead atoms. The lowest BCUT2D eigenvalue weighted by Crippen LogP contribution is -2.01. The Morgan fingerprint density at radius 3 is 2.86 bits per heavy atom. The predicted octanol–water partition coefficient (Wildman–Crippen LogP) is 4.75. The summed E-state index contributed by atoms with van der Waals surface area (Å²) in [6.07, 6.45) is 2.01. The number of H-pyrrole nitrogens is 1. The van der Waals surface area contributed by atoms with E-state index in [1.807, 2.05) is 36.5 Å². The average Bonchev–Trinajstić information content (AvgIpc) is 2.87. The van der Waals surface area contributed by atoms with Crippen molar-refractivity contribution < 1.29 is 4.74 Å².